The highest BCUT2D eigenvalue weighted by Crippen LogP contribution is 2.26. The third kappa shape index (κ3) is 4.03. The maximum atomic E-state index is 12.0. The van der Waals surface area contributed by atoms with E-state index in [-0.39, 0.29) is 0 Å². The highest BCUT2D eigenvalue weighted by Gasteiger charge is 2.30. The summed E-state index contributed by atoms with van der Waals surface area (Å²) in [5.74, 6) is -0.531. The number of halogens is 2. The smallest absolute Gasteiger partial charge is 0.242 e. The van der Waals surface area contributed by atoms with Gasteiger partial charge in [-0.25, -0.2) is 8.42 Å². The highest BCUT2D eigenvalue weighted by molar-refractivity contribution is 9.11. The second-order valence-electron chi connectivity index (χ2n) is 4.39. The van der Waals surface area contributed by atoms with Crippen LogP contribution in [0.2, 0.25) is 0 Å². The van der Waals surface area contributed by atoms with Gasteiger partial charge in [0.25, 0.3) is 0 Å². The molecule has 1 unspecified atom stereocenters. The van der Waals surface area contributed by atoms with Gasteiger partial charge in [0, 0.05) is 8.95 Å². The Kier molecular flexibility index (Phi) is 5.58. The molecule has 0 aliphatic heterocycles. The number of carbonyl (C=O) groups is 1. The lowest BCUT2D eigenvalue weighted by Gasteiger charge is -2.16. The minimum absolute atomic E-state index is 0.531. The Bertz CT molecular complexity index is 585. The van der Waals surface area contributed by atoms with Crippen molar-refractivity contribution in [3.05, 3.63) is 27.1 Å². The first-order valence-corrected chi connectivity index (χ1v) is 8.84. The molecule has 0 bridgehead atoms. The van der Waals surface area contributed by atoms with Gasteiger partial charge in [0.1, 0.15) is 5.25 Å². The first kappa shape index (κ1) is 16.7. The normalized spacial score (nSPS) is 13.4. The number of hydrogen-bond acceptors (Lipinski definition) is 3. The third-order valence-corrected chi connectivity index (χ3v) is 6.37. The summed E-state index contributed by atoms with van der Waals surface area (Å²) in [5.41, 5.74) is 0.541. The van der Waals surface area contributed by atoms with E-state index in [2.05, 4.69) is 37.2 Å². The molecule has 1 aromatic carbocycles. The number of anilines is 1. The number of amides is 1. The van der Waals surface area contributed by atoms with Gasteiger partial charge in [-0.05, 0) is 54.9 Å². The summed E-state index contributed by atoms with van der Waals surface area (Å²) in [6.07, 6.45) is 0. The largest absolute Gasteiger partial charge is 0.324 e. The van der Waals surface area contributed by atoms with E-state index in [0.717, 1.165) is 4.47 Å². The zero-order chi connectivity index (χ0) is 14.8. The number of hydrogen-bond donors (Lipinski definition) is 1. The summed E-state index contributed by atoms with van der Waals surface area (Å²) in [7, 11) is -3.45. The number of benzene rings is 1. The molecule has 0 radical (unpaired) electrons. The van der Waals surface area contributed by atoms with Gasteiger partial charge in [0.05, 0.1) is 10.9 Å². The molecule has 0 saturated carbocycles. The molecule has 0 spiro atoms. The predicted octanol–water partition coefficient (Wildman–Crippen LogP) is 3.36. The van der Waals surface area contributed by atoms with Gasteiger partial charge in [-0.3, -0.25) is 4.79 Å². The van der Waals surface area contributed by atoms with Crippen molar-refractivity contribution in [1.82, 2.24) is 0 Å². The van der Waals surface area contributed by atoms with Crippen molar-refractivity contribution in [3.63, 3.8) is 0 Å². The lowest BCUT2D eigenvalue weighted by molar-refractivity contribution is -0.115. The third-order valence-electron chi connectivity index (χ3n) is 2.71. The van der Waals surface area contributed by atoms with Crippen molar-refractivity contribution in [2.24, 2.45) is 0 Å². The van der Waals surface area contributed by atoms with Gasteiger partial charge in [0.2, 0.25) is 5.91 Å². The zero-order valence-electron chi connectivity index (χ0n) is 10.8. The number of carbonyl (C=O) groups excluding carboxylic acids is 1. The van der Waals surface area contributed by atoms with Crippen LogP contribution >= 0.6 is 31.9 Å². The van der Waals surface area contributed by atoms with E-state index in [0.29, 0.717) is 10.2 Å². The Morgan fingerprint density at radius 1 is 1.21 bits per heavy atom. The van der Waals surface area contributed by atoms with Crippen molar-refractivity contribution in [3.8, 4) is 0 Å². The molecule has 106 valence electrons. The number of rotatable bonds is 4. The minimum atomic E-state index is -3.45. The Balaban J connectivity index is 2.92. The molecular weight excluding hydrogens is 398 g/mol. The van der Waals surface area contributed by atoms with Crippen LogP contribution in [0.4, 0.5) is 5.69 Å². The molecule has 0 saturated heterocycles. The fourth-order valence-electron chi connectivity index (χ4n) is 1.38. The molecule has 0 aromatic heterocycles. The highest BCUT2D eigenvalue weighted by atomic mass is 79.9. The number of nitrogens with one attached hydrogen (secondary N) is 1. The molecule has 1 N–H and O–H groups in total. The van der Waals surface area contributed by atoms with E-state index in [9.17, 15) is 13.2 Å². The number of sulfone groups is 1. The van der Waals surface area contributed by atoms with Gasteiger partial charge in [0.15, 0.2) is 9.84 Å². The van der Waals surface area contributed by atoms with E-state index in [4.69, 9.17) is 0 Å². The second-order valence-corrected chi connectivity index (χ2v) is 8.99. The first-order chi connectivity index (χ1) is 8.66. The molecule has 19 heavy (non-hydrogen) atoms. The molecule has 1 rings (SSSR count). The van der Waals surface area contributed by atoms with Gasteiger partial charge in [-0.2, -0.15) is 0 Å². The van der Waals surface area contributed by atoms with Crippen LogP contribution in [0.5, 0.6) is 0 Å². The van der Waals surface area contributed by atoms with Crippen molar-refractivity contribution in [1.29, 1.82) is 0 Å². The zero-order valence-corrected chi connectivity index (χ0v) is 14.8. The molecular formula is C12H15Br2NO3S. The van der Waals surface area contributed by atoms with Crippen LogP contribution in [-0.4, -0.2) is 24.8 Å². The second kappa shape index (κ2) is 6.37. The molecule has 1 atom stereocenters. The summed E-state index contributed by atoms with van der Waals surface area (Å²) >= 11 is 6.61. The Labute approximate surface area is 130 Å². The average Bonchev–Trinajstić information content (AvgIpc) is 2.31. The van der Waals surface area contributed by atoms with Crippen LogP contribution in [0.3, 0.4) is 0 Å². The predicted molar refractivity (Wildman–Crippen MR) is 84.0 cm³/mol. The Hall–Kier alpha value is -0.400. The van der Waals surface area contributed by atoms with Crippen molar-refractivity contribution in [2.75, 3.05) is 5.32 Å². The fraction of sp³-hybridized carbons (Fsp3) is 0.417. The standard InChI is InChI=1S/C12H15Br2NO3S/c1-7(2)19(17,18)8(3)12(16)15-11-5-4-9(13)6-10(11)14/h4-8H,1-3H3,(H,15,16). The quantitative estimate of drug-likeness (QED) is 0.824. The average molecular weight is 413 g/mol. The van der Waals surface area contributed by atoms with Crippen molar-refractivity contribution in [2.45, 2.75) is 31.3 Å². The fourth-order valence-corrected chi connectivity index (χ4v) is 3.70. The van der Waals surface area contributed by atoms with Gasteiger partial charge >= 0.3 is 0 Å². The summed E-state index contributed by atoms with van der Waals surface area (Å²) in [6.45, 7) is 4.53. The minimum Gasteiger partial charge on any atom is -0.324 e. The van der Waals surface area contributed by atoms with Crippen molar-refractivity contribution < 1.29 is 13.2 Å². The van der Waals surface area contributed by atoms with Crippen molar-refractivity contribution >= 4 is 53.3 Å². The van der Waals surface area contributed by atoms with E-state index in [1.54, 1.807) is 32.0 Å². The SMILES string of the molecule is CC(C)S(=O)(=O)C(C)C(=O)Nc1ccc(Br)cc1Br. The van der Waals surface area contributed by atoms with Gasteiger partial charge in [-0.15, -0.1) is 0 Å². The first-order valence-electron chi connectivity index (χ1n) is 5.65. The van der Waals surface area contributed by atoms with Crippen LogP contribution in [0, 0.1) is 0 Å². The molecule has 1 aromatic rings. The van der Waals surface area contributed by atoms with E-state index >= 15 is 0 Å². The Morgan fingerprint density at radius 3 is 2.26 bits per heavy atom. The molecule has 7 heteroatoms. The lowest BCUT2D eigenvalue weighted by Crippen LogP contribution is -2.36. The van der Waals surface area contributed by atoms with Crippen LogP contribution in [-0.2, 0) is 14.6 Å². The molecule has 0 fully saturated rings. The summed E-state index contributed by atoms with van der Waals surface area (Å²) in [6, 6.07) is 5.24. The molecule has 4 nitrogen and oxygen atoms in total. The molecule has 1 amide bonds. The van der Waals surface area contributed by atoms with E-state index in [1.165, 1.54) is 6.92 Å². The van der Waals surface area contributed by atoms with E-state index in [1.807, 2.05) is 0 Å². The summed E-state index contributed by atoms with van der Waals surface area (Å²) in [4.78, 5) is 12.0. The maximum Gasteiger partial charge on any atom is 0.242 e. The van der Waals surface area contributed by atoms with Gasteiger partial charge in [-0.1, -0.05) is 15.9 Å². The van der Waals surface area contributed by atoms with Crippen LogP contribution < -0.4 is 5.32 Å². The van der Waals surface area contributed by atoms with Crippen LogP contribution in [0.15, 0.2) is 27.1 Å². The summed E-state index contributed by atoms with van der Waals surface area (Å²) in [5, 5.41) is 0.950. The van der Waals surface area contributed by atoms with E-state index < -0.39 is 26.2 Å². The molecule has 0 aliphatic rings. The topological polar surface area (TPSA) is 63.2 Å². The van der Waals surface area contributed by atoms with Crippen LogP contribution in [0.1, 0.15) is 20.8 Å². The van der Waals surface area contributed by atoms with Gasteiger partial charge < -0.3 is 5.32 Å². The molecule has 0 heterocycles. The lowest BCUT2D eigenvalue weighted by atomic mass is 10.3. The summed E-state index contributed by atoms with van der Waals surface area (Å²) < 4.78 is 25.4. The molecule has 0 aliphatic carbocycles. The van der Waals surface area contributed by atoms with Crippen LogP contribution in [0.25, 0.3) is 0 Å². The Morgan fingerprint density at radius 2 is 1.79 bits per heavy atom. The maximum absolute atomic E-state index is 12.0. The monoisotopic (exact) mass is 411 g/mol.